The van der Waals surface area contributed by atoms with Crippen LogP contribution in [-0.2, 0) is 23.9 Å². The van der Waals surface area contributed by atoms with E-state index >= 15 is 0 Å². The highest BCUT2D eigenvalue weighted by Gasteiger charge is 2.52. The van der Waals surface area contributed by atoms with E-state index in [0.717, 1.165) is 6.42 Å². The lowest BCUT2D eigenvalue weighted by molar-refractivity contribution is -0.158. The number of hydrogen-bond donors (Lipinski definition) is 0. The first kappa shape index (κ1) is 13.1. The van der Waals surface area contributed by atoms with Crippen LogP contribution in [-0.4, -0.2) is 30.4 Å². The van der Waals surface area contributed by atoms with Crippen molar-refractivity contribution in [1.82, 2.24) is 0 Å². The fourth-order valence-electron chi connectivity index (χ4n) is 2.80. The van der Waals surface area contributed by atoms with Gasteiger partial charge in [0, 0.05) is 12.3 Å². The van der Waals surface area contributed by atoms with Crippen LogP contribution in [0.25, 0.3) is 0 Å². The van der Waals surface area contributed by atoms with Crippen LogP contribution in [0.4, 0.5) is 0 Å². The maximum Gasteiger partial charge on any atom is 0.321 e. The molecule has 0 radical (unpaired) electrons. The molecule has 1 saturated carbocycles. The van der Waals surface area contributed by atoms with Crippen LogP contribution < -0.4 is 0 Å². The van der Waals surface area contributed by atoms with Crippen molar-refractivity contribution in [2.24, 2.45) is 17.8 Å². The van der Waals surface area contributed by atoms with Gasteiger partial charge in [-0.25, -0.2) is 0 Å². The molecule has 1 aliphatic carbocycles. The fraction of sp³-hybridized carbons (Fsp3) is 0.769. The van der Waals surface area contributed by atoms with Crippen molar-refractivity contribution in [3.05, 3.63) is 0 Å². The molecule has 2 rings (SSSR count). The lowest BCUT2D eigenvalue weighted by atomic mass is 9.86. The van der Waals surface area contributed by atoms with Crippen LogP contribution in [0.3, 0.4) is 0 Å². The van der Waals surface area contributed by atoms with E-state index in [1.165, 1.54) is 0 Å². The first-order valence-corrected chi connectivity index (χ1v) is 6.44. The highest BCUT2D eigenvalue weighted by Crippen LogP contribution is 2.38. The lowest BCUT2D eigenvalue weighted by Crippen LogP contribution is -2.31. The van der Waals surface area contributed by atoms with Crippen LogP contribution >= 0.6 is 0 Å². The van der Waals surface area contributed by atoms with Crippen molar-refractivity contribution in [2.45, 2.75) is 39.2 Å². The molecule has 0 unspecified atom stereocenters. The van der Waals surface area contributed by atoms with Gasteiger partial charge >= 0.3 is 11.9 Å². The van der Waals surface area contributed by atoms with Gasteiger partial charge in [-0.1, -0.05) is 6.92 Å². The maximum absolute atomic E-state index is 11.9. The summed E-state index contributed by atoms with van der Waals surface area (Å²) in [4.78, 5) is 35.4. The highest BCUT2D eigenvalue weighted by atomic mass is 16.6. The summed E-state index contributed by atoms with van der Waals surface area (Å²) >= 11 is 0. The highest BCUT2D eigenvalue weighted by molar-refractivity contribution is 6.00. The summed E-state index contributed by atoms with van der Waals surface area (Å²) in [5.41, 5.74) is 0. The Bertz CT molecular complexity index is 376. The van der Waals surface area contributed by atoms with Gasteiger partial charge in [0.2, 0.25) is 0 Å². The molecule has 1 aliphatic heterocycles. The van der Waals surface area contributed by atoms with E-state index in [9.17, 15) is 14.4 Å². The van der Waals surface area contributed by atoms with E-state index in [1.54, 1.807) is 6.92 Å². The third kappa shape index (κ3) is 2.26. The Morgan fingerprint density at radius 2 is 2.11 bits per heavy atom. The molecule has 2 fully saturated rings. The molecule has 4 atom stereocenters. The topological polar surface area (TPSA) is 69.7 Å². The fourth-order valence-corrected chi connectivity index (χ4v) is 2.80. The summed E-state index contributed by atoms with van der Waals surface area (Å²) in [7, 11) is 0. The van der Waals surface area contributed by atoms with Crippen LogP contribution in [0.2, 0.25) is 0 Å². The number of esters is 2. The molecule has 100 valence electrons. The van der Waals surface area contributed by atoms with E-state index in [0.29, 0.717) is 12.8 Å². The van der Waals surface area contributed by atoms with Crippen molar-refractivity contribution in [3.63, 3.8) is 0 Å². The Morgan fingerprint density at radius 3 is 2.78 bits per heavy atom. The molecule has 1 saturated heterocycles. The minimum atomic E-state index is -0.913. The molecule has 0 bridgehead atoms. The Morgan fingerprint density at radius 1 is 1.39 bits per heavy atom. The second kappa shape index (κ2) is 5.08. The zero-order chi connectivity index (χ0) is 13.3. The van der Waals surface area contributed by atoms with Crippen LogP contribution in [0.1, 0.15) is 33.1 Å². The van der Waals surface area contributed by atoms with Crippen molar-refractivity contribution >= 4 is 17.7 Å². The molecule has 0 spiro atoms. The Hall–Kier alpha value is -1.39. The van der Waals surface area contributed by atoms with Gasteiger partial charge in [-0.3, -0.25) is 14.4 Å². The third-order valence-corrected chi connectivity index (χ3v) is 3.71. The van der Waals surface area contributed by atoms with Crippen LogP contribution in [0, 0.1) is 17.8 Å². The number of carbonyl (C=O) groups is 3. The number of fused-ring (bicyclic) bond motifs is 1. The van der Waals surface area contributed by atoms with Gasteiger partial charge in [0.05, 0.1) is 6.61 Å². The summed E-state index contributed by atoms with van der Waals surface area (Å²) < 4.78 is 9.99. The molecule has 0 aromatic heterocycles. The van der Waals surface area contributed by atoms with E-state index in [1.807, 2.05) is 6.92 Å². The van der Waals surface area contributed by atoms with E-state index in [2.05, 4.69) is 0 Å². The van der Waals surface area contributed by atoms with Gasteiger partial charge in [-0.05, 0) is 25.7 Å². The smallest absolute Gasteiger partial charge is 0.321 e. The predicted molar refractivity (Wildman–Crippen MR) is 61.5 cm³/mol. The van der Waals surface area contributed by atoms with Gasteiger partial charge in [0.1, 0.15) is 0 Å². The van der Waals surface area contributed by atoms with E-state index in [4.69, 9.17) is 9.47 Å². The summed E-state index contributed by atoms with van der Waals surface area (Å²) in [5, 5.41) is 0. The Balaban J connectivity index is 2.20. The third-order valence-electron chi connectivity index (χ3n) is 3.71. The number of Topliss-reactive ketones (excluding diaryl/α,β-unsaturated/α-hetero) is 1. The van der Waals surface area contributed by atoms with Gasteiger partial charge in [-0.15, -0.1) is 0 Å². The predicted octanol–water partition coefficient (Wildman–Crippen LogP) is 1.10. The molecule has 0 aromatic rings. The van der Waals surface area contributed by atoms with Gasteiger partial charge in [0.15, 0.2) is 17.8 Å². The first-order valence-electron chi connectivity index (χ1n) is 6.44. The molecular weight excluding hydrogens is 236 g/mol. The van der Waals surface area contributed by atoms with Crippen molar-refractivity contribution in [2.75, 3.05) is 6.61 Å². The number of ketones is 1. The SMILES string of the molecule is CCOC(=O)[C@@H]1C(=O)O[C@H]2C(=O)C[C@@H](C)CC[C@@H]12. The summed E-state index contributed by atoms with van der Waals surface area (Å²) in [5.74, 6) is -2.20. The summed E-state index contributed by atoms with van der Waals surface area (Å²) in [6.07, 6.45) is 1.17. The molecule has 0 aromatic carbocycles. The van der Waals surface area contributed by atoms with E-state index in [-0.39, 0.29) is 24.2 Å². The number of hydrogen-bond acceptors (Lipinski definition) is 5. The summed E-state index contributed by atoms with van der Waals surface area (Å²) in [6, 6.07) is 0. The molecule has 1 heterocycles. The Kier molecular flexibility index (Phi) is 3.68. The monoisotopic (exact) mass is 254 g/mol. The average molecular weight is 254 g/mol. The van der Waals surface area contributed by atoms with Crippen LogP contribution in [0.5, 0.6) is 0 Å². The zero-order valence-corrected chi connectivity index (χ0v) is 10.7. The average Bonchev–Trinajstić information content (AvgIpc) is 2.57. The second-order valence-electron chi connectivity index (χ2n) is 5.10. The van der Waals surface area contributed by atoms with Crippen molar-refractivity contribution in [3.8, 4) is 0 Å². The van der Waals surface area contributed by atoms with Crippen molar-refractivity contribution < 1.29 is 23.9 Å². The van der Waals surface area contributed by atoms with E-state index < -0.39 is 24.0 Å². The maximum atomic E-state index is 11.9. The number of ether oxygens (including phenoxy) is 2. The number of carbonyl (C=O) groups excluding carboxylic acids is 3. The van der Waals surface area contributed by atoms with Gasteiger partial charge < -0.3 is 9.47 Å². The molecule has 2 aliphatic rings. The van der Waals surface area contributed by atoms with Crippen molar-refractivity contribution in [1.29, 1.82) is 0 Å². The Labute approximate surface area is 106 Å². The van der Waals surface area contributed by atoms with Gasteiger partial charge in [-0.2, -0.15) is 0 Å². The van der Waals surface area contributed by atoms with Gasteiger partial charge in [0.25, 0.3) is 0 Å². The molecule has 0 amide bonds. The molecule has 0 N–H and O–H groups in total. The zero-order valence-electron chi connectivity index (χ0n) is 10.7. The molecule has 5 nitrogen and oxygen atoms in total. The first-order chi connectivity index (χ1) is 8.54. The minimum Gasteiger partial charge on any atom is -0.465 e. The van der Waals surface area contributed by atoms with Crippen LogP contribution in [0.15, 0.2) is 0 Å². The molecular formula is C13H18O5. The normalized spacial score (nSPS) is 35.7. The standard InChI is InChI=1S/C13H18O5/c1-3-17-12(15)10-8-5-4-7(2)6-9(14)11(8)18-13(10)16/h7-8,10-11H,3-6H2,1-2H3/t7-,8-,10+,11+/m0/s1. The largest absolute Gasteiger partial charge is 0.465 e. The number of rotatable bonds is 2. The quantitative estimate of drug-likeness (QED) is 0.545. The summed E-state index contributed by atoms with van der Waals surface area (Å²) in [6.45, 7) is 3.92. The molecule has 18 heavy (non-hydrogen) atoms. The minimum absolute atomic E-state index is 0.0647. The second-order valence-corrected chi connectivity index (χ2v) is 5.10. The lowest BCUT2D eigenvalue weighted by Gasteiger charge is -2.15. The molecule has 5 heteroatoms.